The van der Waals surface area contributed by atoms with Crippen molar-refractivity contribution in [3.05, 3.63) is 42.5 Å². The first-order valence-corrected chi connectivity index (χ1v) is 10.3. The monoisotopic (exact) mass is 399 g/mol. The van der Waals surface area contributed by atoms with E-state index in [0.29, 0.717) is 0 Å². The first kappa shape index (κ1) is 22.3. The zero-order valence-electron chi connectivity index (χ0n) is 18.0. The number of hydrogen-bond acceptors (Lipinski definition) is 2. The number of rotatable bonds is 8. The topological polar surface area (TPSA) is 10.4 Å². The Kier molecular flexibility index (Phi) is 7.94. The highest BCUT2D eigenvalue weighted by molar-refractivity contribution is 5.91. The van der Waals surface area contributed by atoms with E-state index in [0.717, 1.165) is 6.54 Å². The molecule has 0 bridgehead atoms. The molecule has 0 aliphatic rings. The van der Waals surface area contributed by atoms with Crippen molar-refractivity contribution in [2.45, 2.75) is 45.6 Å². The molecular weight excluding hydrogens is 366 g/mol. The minimum atomic E-state index is 0. The quantitative estimate of drug-likeness (QED) is 0.327. The van der Waals surface area contributed by atoms with E-state index < -0.39 is 0 Å². The molecule has 3 aromatic rings. The van der Waals surface area contributed by atoms with Crippen LogP contribution < -0.4 is 26.8 Å². The van der Waals surface area contributed by atoms with Crippen LogP contribution in [0.25, 0.3) is 21.8 Å². The number of anilines is 2. The first-order valence-electron chi connectivity index (χ1n) is 10.3. The summed E-state index contributed by atoms with van der Waals surface area (Å²) in [4.78, 5) is 4.37. The largest absolute Gasteiger partial charge is 1.00 e. The molecule has 0 unspecified atom stereocenters. The lowest BCUT2D eigenvalue weighted by molar-refractivity contribution is -0.645. The van der Waals surface area contributed by atoms with E-state index >= 15 is 0 Å². The van der Waals surface area contributed by atoms with Crippen LogP contribution in [0.1, 0.15) is 39.0 Å². The predicted octanol–water partition coefficient (Wildman–Crippen LogP) is 2.39. The molecule has 0 aliphatic carbocycles. The van der Waals surface area contributed by atoms with Crippen LogP contribution in [0, 0.1) is 0 Å². The van der Waals surface area contributed by atoms with E-state index in [-0.39, 0.29) is 12.4 Å². The first-order chi connectivity index (χ1) is 13.0. The second-order valence-electron chi connectivity index (χ2n) is 7.99. The minimum absolute atomic E-state index is 0. The highest BCUT2D eigenvalue weighted by atomic mass is 35.5. The normalized spacial score (nSPS) is 10.9. The van der Waals surface area contributed by atoms with E-state index in [9.17, 15) is 0 Å². The number of hydrogen-bond donors (Lipinski definition) is 0. The third-order valence-electron chi connectivity index (χ3n) is 5.44. The summed E-state index contributed by atoms with van der Waals surface area (Å²) < 4.78 is 2.54. The Morgan fingerprint density at radius 1 is 0.679 bits per heavy atom. The SMILES string of the molecule is CCCCCCC[n+]1c2cc(N(C)C)ccc2cc2ccc(N(C)C)cc21.[Cl-]. The number of halogens is 1. The molecule has 0 spiro atoms. The number of benzene rings is 2. The van der Waals surface area contributed by atoms with Gasteiger partial charge >= 0.3 is 0 Å². The Hall–Kier alpha value is -2.00. The van der Waals surface area contributed by atoms with Gasteiger partial charge in [0.1, 0.15) is 6.54 Å². The van der Waals surface area contributed by atoms with Crippen molar-refractivity contribution in [3.63, 3.8) is 0 Å². The minimum Gasteiger partial charge on any atom is -1.00 e. The molecule has 0 fully saturated rings. The Morgan fingerprint density at radius 3 is 1.64 bits per heavy atom. The lowest BCUT2D eigenvalue weighted by Crippen LogP contribution is -3.00. The fourth-order valence-corrected chi connectivity index (χ4v) is 3.74. The molecule has 0 saturated carbocycles. The standard InChI is InChI=1S/C24H34N3.ClH/c1-6-7-8-9-10-15-27-23-17-21(25(2)3)13-11-19(23)16-20-12-14-22(26(4)5)18-24(20)27;/h11-14,16-18H,6-10,15H2,1-5H3;1H/q+1;/p-1. The second-order valence-corrected chi connectivity index (χ2v) is 7.99. The molecule has 0 N–H and O–H groups in total. The van der Waals surface area contributed by atoms with Crippen LogP contribution >= 0.6 is 0 Å². The third kappa shape index (κ3) is 4.88. The van der Waals surface area contributed by atoms with Gasteiger partial charge in [-0.3, -0.25) is 0 Å². The molecular formula is C24H34ClN3. The highest BCUT2D eigenvalue weighted by Crippen LogP contribution is 2.25. The fourth-order valence-electron chi connectivity index (χ4n) is 3.74. The van der Waals surface area contributed by atoms with E-state index in [1.54, 1.807) is 0 Å². The van der Waals surface area contributed by atoms with Crippen LogP contribution in [0.5, 0.6) is 0 Å². The van der Waals surface area contributed by atoms with Gasteiger partial charge in [-0.25, -0.2) is 0 Å². The van der Waals surface area contributed by atoms with Crippen LogP contribution in [0.15, 0.2) is 42.5 Å². The van der Waals surface area contributed by atoms with E-state index in [4.69, 9.17) is 0 Å². The molecule has 0 saturated heterocycles. The van der Waals surface area contributed by atoms with Gasteiger partial charge in [0.15, 0.2) is 0 Å². The number of pyridine rings is 1. The molecule has 3 rings (SSSR count). The van der Waals surface area contributed by atoms with Gasteiger partial charge in [0.05, 0.1) is 0 Å². The molecule has 0 radical (unpaired) electrons. The maximum absolute atomic E-state index is 2.54. The predicted molar refractivity (Wildman–Crippen MR) is 119 cm³/mol. The zero-order valence-corrected chi connectivity index (χ0v) is 18.8. The summed E-state index contributed by atoms with van der Waals surface area (Å²) in [7, 11) is 8.45. The lowest BCUT2D eigenvalue weighted by Gasteiger charge is -2.15. The second kappa shape index (κ2) is 9.97. The lowest BCUT2D eigenvalue weighted by atomic mass is 10.1. The average Bonchev–Trinajstić information content (AvgIpc) is 2.66. The van der Waals surface area contributed by atoms with E-state index in [1.165, 1.54) is 65.3 Å². The van der Waals surface area contributed by atoms with Gasteiger partial charge in [-0.15, -0.1) is 0 Å². The summed E-state index contributed by atoms with van der Waals surface area (Å²) in [6.45, 7) is 3.35. The van der Waals surface area contributed by atoms with Crippen LogP contribution in [0.2, 0.25) is 0 Å². The third-order valence-corrected chi connectivity index (χ3v) is 5.44. The molecule has 3 nitrogen and oxygen atoms in total. The van der Waals surface area contributed by atoms with E-state index in [1.807, 2.05) is 0 Å². The molecule has 152 valence electrons. The number of unbranched alkanes of at least 4 members (excludes halogenated alkanes) is 4. The van der Waals surface area contributed by atoms with Crippen molar-refractivity contribution in [1.82, 2.24) is 0 Å². The van der Waals surface area contributed by atoms with Gasteiger partial charge in [0, 0.05) is 68.9 Å². The van der Waals surface area contributed by atoms with Crippen LogP contribution in [-0.2, 0) is 6.54 Å². The molecule has 0 atom stereocenters. The van der Waals surface area contributed by atoms with Crippen molar-refractivity contribution in [2.24, 2.45) is 0 Å². The van der Waals surface area contributed by atoms with Gasteiger partial charge < -0.3 is 22.2 Å². The Labute approximate surface area is 176 Å². The van der Waals surface area contributed by atoms with Gasteiger partial charge in [0.2, 0.25) is 11.0 Å². The van der Waals surface area contributed by atoms with Crippen LogP contribution in [0.3, 0.4) is 0 Å². The number of fused-ring (bicyclic) bond motifs is 2. The van der Waals surface area contributed by atoms with Crippen LogP contribution in [0.4, 0.5) is 11.4 Å². The maximum Gasteiger partial charge on any atom is 0.215 e. The fraction of sp³-hybridized carbons (Fsp3) is 0.458. The summed E-state index contributed by atoms with van der Waals surface area (Å²) in [6, 6.07) is 16.0. The van der Waals surface area contributed by atoms with Crippen molar-refractivity contribution in [2.75, 3.05) is 38.0 Å². The molecule has 1 aromatic heterocycles. The highest BCUT2D eigenvalue weighted by Gasteiger charge is 2.17. The van der Waals surface area contributed by atoms with Crippen molar-refractivity contribution in [3.8, 4) is 0 Å². The molecule has 4 heteroatoms. The molecule has 0 amide bonds. The summed E-state index contributed by atoms with van der Waals surface area (Å²) in [5.41, 5.74) is 5.18. The maximum atomic E-state index is 2.54. The number of aromatic nitrogens is 1. The van der Waals surface area contributed by atoms with Crippen LogP contribution in [-0.4, -0.2) is 28.2 Å². The van der Waals surface area contributed by atoms with Gasteiger partial charge in [-0.1, -0.05) is 26.2 Å². The summed E-state index contributed by atoms with van der Waals surface area (Å²) >= 11 is 0. The van der Waals surface area contributed by atoms with Crippen molar-refractivity contribution >= 4 is 33.2 Å². The van der Waals surface area contributed by atoms with Gasteiger partial charge in [-0.2, -0.15) is 4.57 Å². The van der Waals surface area contributed by atoms with Gasteiger partial charge in [-0.05, 0) is 36.8 Å². The molecule has 28 heavy (non-hydrogen) atoms. The Balaban J connectivity index is 0.00000280. The smallest absolute Gasteiger partial charge is 0.215 e. The van der Waals surface area contributed by atoms with Crippen molar-refractivity contribution in [1.29, 1.82) is 0 Å². The molecule has 1 heterocycles. The van der Waals surface area contributed by atoms with E-state index in [2.05, 4.69) is 91.9 Å². The van der Waals surface area contributed by atoms with Crippen molar-refractivity contribution < 1.29 is 17.0 Å². The summed E-state index contributed by atoms with van der Waals surface area (Å²) in [5.74, 6) is 0. The Morgan fingerprint density at radius 2 is 1.18 bits per heavy atom. The molecule has 0 aliphatic heterocycles. The average molecular weight is 400 g/mol. The summed E-state index contributed by atoms with van der Waals surface area (Å²) in [6.07, 6.45) is 6.52. The Bertz CT molecular complexity index is 853. The zero-order chi connectivity index (χ0) is 19.4. The summed E-state index contributed by atoms with van der Waals surface area (Å²) in [5, 5.41) is 2.64. The number of nitrogens with zero attached hydrogens (tertiary/aromatic N) is 3. The van der Waals surface area contributed by atoms with Gasteiger partial charge in [0.25, 0.3) is 0 Å². The molecule has 2 aromatic carbocycles. The number of aryl methyl sites for hydroxylation is 1.